The summed E-state index contributed by atoms with van der Waals surface area (Å²) in [6, 6.07) is 58.6. The van der Waals surface area contributed by atoms with Gasteiger partial charge in [0.25, 0.3) is 0 Å². The number of rotatable bonds is 7. The summed E-state index contributed by atoms with van der Waals surface area (Å²) in [6.45, 7) is 2.10. The molecule has 8 aromatic rings. The third kappa shape index (κ3) is 6.11. The van der Waals surface area contributed by atoms with Crippen LogP contribution in [0.3, 0.4) is 0 Å². The van der Waals surface area contributed by atoms with Gasteiger partial charge in [-0.2, -0.15) is 0 Å². The Hall–Kier alpha value is -6.91. The van der Waals surface area contributed by atoms with Crippen LogP contribution in [0, 0.1) is 6.92 Å². The van der Waals surface area contributed by atoms with Gasteiger partial charge in [0.05, 0.1) is 11.7 Å². The van der Waals surface area contributed by atoms with Crippen molar-refractivity contribution in [1.29, 1.82) is 0 Å². The Balaban J connectivity index is 1.23. The van der Waals surface area contributed by atoms with Gasteiger partial charge in [-0.3, -0.25) is 0 Å². The van der Waals surface area contributed by atoms with Gasteiger partial charge in [-0.25, -0.2) is 4.99 Å². The summed E-state index contributed by atoms with van der Waals surface area (Å²) in [5, 5.41) is 5.75. The molecule has 2 heterocycles. The first kappa shape index (κ1) is 32.0. The molecule has 0 bridgehead atoms. The lowest BCUT2D eigenvalue weighted by molar-refractivity contribution is 0.671. The quantitative estimate of drug-likeness (QED) is 0.176. The molecule has 1 unspecified atom stereocenters. The zero-order valence-corrected chi connectivity index (χ0v) is 29.3. The molecule has 0 saturated heterocycles. The van der Waals surface area contributed by atoms with E-state index in [1.54, 1.807) is 0 Å². The lowest BCUT2D eigenvalue weighted by Crippen LogP contribution is -2.40. The van der Waals surface area contributed by atoms with Crippen molar-refractivity contribution in [2.24, 2.45) is 10.7 Å². The van der Waals surface area contributed by atoms with E-state index in [2.05, 4.69) is 152 Å². The number of fused-ring (bicyclic) bond motifs is 3. The van der Waals surface area contributed by atoms with Crippen LogP contribution in [0.15, 0.2) is 191 Å². The van der Waals surface area contributed by atoms with Crippen LogP contribution in [0.1, 0.15) is 22.3 Å². The number of hydrogen-bond acceptors (Lipinski definition) is 4. The van der Waals surface area contributed by atoms with Crippen molar-refractivity contribution in [3.8, 4) is 33.4 Å². The molecule has 1 atom stereocenters. The van der Waals surface area contributed by atoms with E-state index in [0.717, 1.165) is 72.4 Å². The van der Waals surface area contributed by atoms with E-state index in [9.17, 15) is 0 Å². The predicted molar refractivity (Wildman–Crippen MR) is 221 cm³/mol. The minimum atomic E-state index is -0.294. The molecular weight excluding hydrogens is 647 g/mol. The summed E-state index contributed by atoms with van der Waals surface area (Å²) in [5.74, 6) is 0.738. The molecule has 1 aromatic heterocycles. The first-order chi connectivity index (χ1) is 26.1. The molecule has 1 aliphatic rings. The fourth-order valence-corrected chi connectivity index (χ4v) is 7.29. The molecule has 1 aliphatic heterocycles. The number of furan rings is 1. The SMILES string of the molecule is Cc1ccccc1/C=C(\N)C1C=C(c2ccccc2)N=C(c2ccc(-c3ccccc3)c3oc4c(-c5ccc(-c6ccccc6)cc5)cccc4c23)N1. The molecule has 0 aliphatic carbocycles. The number of nitrogens with zero attached hydrogens (tertiary/aromatic N) is 1. The second-order valence-electron chi connectivity index (χ2n) is 13.5. The fourth-order valence-electron chi connectivity index (χ4n) is 7.29. The molecule has 0 saturated carbocycles. The van der Waals surface area contributed by atoms with Crippen molar-refractivity contribution in [1.82, 2.24) is 5.32 Å². The van der Waals surface area contributed by atoms with E-state index in [-0.39, 0.29) is 6.04 Å². The highest BCUT2D eigenvalue weighted by molar-refractivity contribution is 6.23. The zero-order valence-electron chi connectivity index (χ0n) is 29.3. The lowest BCUT2D eigenvalue weighted by Gasteiger charge is -2.25. The van der Waals surface area contributed by atoms with E-state index in [0.29, 0.717) is 5.70 Å². The molecule has 7 aromatic carbocycles. The highest BCUT2D eigenvalue weighted by Gasteiger charge is 2.25. The van der Waals surface area contributed by atoms with Gasteiger partial charge in [-0.1, -0.05) is 158 Å². The van der Waals surface area contributed by atoms with Crippen LogP contribution >= 0.6 is 0 Å². The van der Waals surface area contributed by atoms with Gasteiger partial charge >= 0.3 is 0 Å². The van der Waals surface area contributed by atoms with Gasteiger partial charge < -0.3 is 15.5 Å². The molecule has 0 radical (unpaired) electrons. The summed E-state index contributed by atoms with van der Waals surface area (Å²) in [5.41, 5.74) is 21.0. The average Bonchev–Trinajstić information content (AvgIpc) is 3.62. The second kappa shape index (κ2) is 13.7. The summed E-state index contributed by atoms with van der Waals surface area (Å²) in [4.78, 5) is 5.28. The zero-order chi connectivity index (χ0) is 35.7. The van der Waals surface area contributed by atoms with E-state index >= 15 is 0 Å². The van der Waals surface area contributed by atoms with Crippen LogP contribution in [0.5, 0.6) is 0 Å². The van der Waals surface area contributed by atoms with Gasteiger partial charge in [0.2, 0.25) is 0 Å². The molecule has 4 nitrogen and oxygen atoms in total. The molecule has 9 rings (SSSR count). The number of hydrogen-bond donors (Lipinski definition) is 2. The molecule has 0 fully saturated rings. The number of nitrogens with two attached hydrogens (primary N) is 1. The molecule has 53 heavy (non-hydrogen) atoms. The van der Waals surface area contributed by atoms with Crippen molar-refractivity contribution in [3.05, 3.63) is 204 Å². The number of benzene rings is 7. The van der Waals surface area contributed by atoms with Crippen LogP contribution in [-0.2, 0) is 0 Å². The minimum absolute atomic E-state index is 0.294. The van der Waals surface area contributed by atoms with E-state index in [1.165, 1.54) is 16.7 Å². The van der Waals surface area contributed by atoms with Crippen molar-refractivity contribution in [2.45, 2.75) is 13.0 Å². The van der Waals surface area contributed by atoms with Gasteiger partial charge in [-0.15, -0.1) is 0 Å². The van der Waals surface area contributed by atoms with Gasteiger partial charge in [-0.05, 0) is 70.2 Å². The molecular formula is C49H37N3O. The van der Waals surface area contributed by atoms with Crippen molar-refractivity contribution in [3.63, 3.8) is 0 Å². The lowest BCUT2D eigenvalue weighted by atomic mass is 9.95. The van der Waals surface area contributed by atoms with Gasteiger partial charge in [0.15, 0.2) is 0 Å². The second-order valence-corrected chi connectivity index (χ2v) is 13.5. The number of aryl methyl sites for hydroxylation is 1. The number of aliphatic imine (C=N–C) groups is 1. The monoisotopic (exact) mass is 683 g/mol. The van der Waals surface area contributed by atoms with Crippen LogP contribution in [-0.4, -0.2) is 11.9 Å². The first-order valence-corrected chi connectivity index (χ1v) is 18.0. The van der Waals surface area contributed by atoms with Gasteiger partial charge in [0.1, 0.15) is 17.0 Å². The topological polar surface area (TPSA) is 63.5 Å². The van der Waals surface area contributed by atoms with Crippen molar-refractivity contribution in [2.75, 3.05) is 0 Å². The minimum Gasteiger partial charge on any atom is -0.455 e. The third-order valence-corrected chi connectivity index (χ3v) is 10.1. The summed E-state index contributed by atoms with van der Waals surface area (Å²) >= 11 is 0. The third-order valence-electron chi connectivity index (χ3n) is 10.1. The predicted octanol–water partition coefficient (Wildman–Crippen LogP) is 11.7. The summed E-state index contributed by atoms with van der Waals surface area (Å²) in [6.07, 6.45) is 4.18. The standard InChI is InChI=1S/C49H37N3O/c1-32-14-11-12-21-38(32)30-43(50)45-31-44(37-19-9-4-10-20-37)51-49(52-45)42-29-28-40(35-17-7-3-8-18-35)48-46(42)41-23-13-22-39(47(41)53-48)36-26-24-34(25-27-36)33-15-5-2-6-16-33/h2-31,45H,50H2,1H3,(H,51,52)/b43-30-. The van der Waals surface area contributed by atoms with Gasteiger partial charge in [0, 0.05) is 33.2 Å². The largest absolute Gasteiger partial charge is 0.455 e. The maximum atomic E-state index is 7.01. The Bertz CT molecular complexity index is 2690. The van der Waals surface area contributed by atoms with E-state index < -0.39 is 0 Å². The Labute approximate surface area is 309 Å². The van der Waals surface area contributed by atoms with Crippen molar-refractivity contribution < 1.29 is 4.42 Å². The number of para-hydroxylation sites is 1. The first-order valence-electron chi connectivity index (χ1n) is 18.0. The smallest absolute Gasteiger partial charge is 0.144 e. The molecule has 254 valence electrons. The fraction of sp³-hybridized carbons (Fsp3) is 0.0408. The normalized spacial score (nSPS) is 14.5. The summed E-state index contributed by atoms with van der Waals surface area (Å²) in [7, 11) is 0. The Kier molecular flexibility index (Phi) is 8.26. The molecule has 3 N–H and O–H groups in total. The number of amidine groups is 1. The van der Waals surface area contributed by atoms with Crippen molar-refractivity contribution >= 4 is 39.5 Å². The highest BCUT2D eigenvalue weighted by atomic mass is 16.3. The maximum Gasteiger partial charge on any atom is 0.144 e. The Morgan fingerprint density at radius 3 is 1.85 bits per heavy atom. The molecule has 0 amide bonds. The summed E-state index contributed by atoms with van der Waals surface area (Å²) < 4.78 is 7.01. The maximum absolute atomic E-state index is 7.01. The molecule has 0 spiro atoms. The van der Waals surface area contributed by atoms with Crippen LogP contribution in [0.4, 0.5) is 0 Å². The Morgan fingerprint density at radius 2 is 1.13 bits per heavy atom. The number of nitrogens with one attached hydrogen (secondary N) is 1. The average molecular weight is 684 g/mol. The Morgan fingerprint density at radius 1 is 0.566 bits per heavy atom. The van der Waals surface area contributed by atoms with Crippen LogP contribution in [0.2, 0.25) is 0 Å². The van der Waals surface area contributed by atoms with Crippen LogP contribution in [0.25, 0.3) is 67.1 Å². The van der Waals surface area contributed by atoms with Crippen LogP contribution < -0.4 is 11.1 Å². The van der Waals surface area contributed by atoms with E-state index in [4.69, 9.17) is 15.1 Å². The highest BCUT2D eigenvalue weighted by Crippen LogP contribution is 2.42. The van der Waals surface area contributed by atoms with E-state index in [1.807, 2.05) is 42.5 Å². The molecule has 4 heteroatoms.